The summed E-state index contributed by atoms with van der Waals surface area (Å²) in [6, 6.07) is 0. The summed E-state index contributed by atoms with van der Waals surface area (Å²) in [6.45, 7) is 0. The topological polar surface area (TPSA) is 308 Å². The van der Waals surface area contributed by atoms with Gasteiger partial charge in [-0.2, -0.15) is 0 Å². The van der Waals surface area contributed by atoms with E-state index in [1.165, 1.54) is 0 Å². The molecule has 0 aromatic heterocycles. The van der Waals surface area contributed by atoms with Crippen molar-refractivity contribution in [2.45, 2.75) is 0 Å². The van der Waals surface area contributed by atoms with Gasteiger partial charge in [-0.25, -0.2) is 0 Å². The summed E-state index contributed by atoms with van der Waals surface area (Å²) < 4.78 is 0. The third-order valence-corrected chi connectivity index (χ3v) is 0. The molecule has 0 heterocycles. The quantitative estimate of drug-likeness (QED) is 0.245. The van der Waals surface area contributed by atoms with Crippen molar-refractivity contribution in [2.24, 2.45) is 0 Å². The zero-order chi connectivity index (χ0) is 13.5. The summed E-state index contributed by atoms with van der Waals surface area (Å²) >= 11 is 0. The molecule has 0 amide bonds. The molecule has 0 saturated carbocycles. The fraction of sp³-hybridized carbons (Fsp3) is 0. The molecule has 0 aromatic carbocycles. The minimum Gasteiger partial charge on any atom is -0.894 e. The Labute approximate surface area is 432 Å². The van der Waals surface area contributed by atoms with Crippen molar-refractivity contribution in [1.82, 2.24) is 0 Å². The van der Waals surface area contributed by atoms with Crippen LogP contribution in [0, 0.1) is 0 Å². The molecular formula is H2Na12O13Si3. The fourth-order valence-corrected chi connectivity index (χ4v) is 0. The molecule has 28 heavy (non-hydrogen) atoms. The first kappa shape index (κ1) is 106. The second-order valence-corrected chi connectivity index (χ2v) is 4.50. The van der Waals surface area contributed by atoms with Crippen molar-refractivity contribution in [3.8, 4) is 0 Å². The summed E-state index contributed by atoms with van der Waals surface area (Å²) in [5.74, 6) is 0. The van der Waals surface area contributed by atoms with E-state index < -0.39 is 27.1 Å². The van der Waals surface area contributed by atoms with Gasteiger partial charge in [-0.1, -0.05) is 0 Å². The minimum absolute atomic E-state index is 0. The average Bonchev–Trinajstić information content (AvgIpc) is 1.41. The Balaban J connectivity index is -0.00000000447. The van der Waals surface area contributed by atoms with Crippen molar-refractivity contribution >= 4 is 27.1 Å². The van der Waals surface area contributed by atoms with Gasteiger partial charge in [0.15, 0.2) is 0 Å². The Bertz CT molecular complexity index is 114. The van der Waals surface area contributed by atoms with E-state index >= 15 is 0 Å². The molecule has 0 spiro atoms. The van der Waals surface area contributed by atoms with Crippen LogP contribution in [0.3, 0.4) is 0 Å². The van der Waals surface area contributed by atoms with Crippen molar-refractivity contribution in [1.29, 1.82) is 0 Å². The Morgan fingerprint density at radius 1 is 0.214 bits per heavy atom. The van der Waals surface area contributed by atoms with Gasteiger partial charge in [0.05, 0.1) is 0 Å². The van der Waals surface area contributed by atoms with Crippen LogP contribution >= 0.6 is 0 Å². The number of hydrogen-bond donors (Lipinski definition) is 0. The molecule has 0 unspecified atom stereocenters. The van der Waals surface area contributed by atoms with Gasteiger partial charge in [0.25, 0.3) is 0 Å². The van der Waals surface area contributed by atoms with E-state index in [1.54, 1.807) is 0 Å². The van der Waals surface area contributed by atoms with E-state index in [2.05, 4.69) is 0 Å². The number of rotatable bonds is 0. The molecule has 0 aliphatic rings. The molecule has 0 saturated heterocycles. The molecule has 104 valence electrons. The first-order valence-electron chi connectivity index (χ1n) is 2.45. The van der Waals surface area contributed by atoms with Crippen LogP contribution in [0.25, 0.3) is 0 Å². The maximum absolute atomic E-state index is 8.58. The van der Waals surface area contributed by atoms with Crippen LogP contribution in [-0.4, -0.2) is 32.6 Å². The monoisotopic (exact) mass is 570 g/mol. The van der Waals surface area contributed by atoms with Crippen LogP contribution in [0.2, 0.25) is 0 Å². The summed E-state index contributed by atoms with van der Waals surface area (Å²) in [4.78, 5) is 103. The molecule has 0 atom stereocenters. The third kappa shape index (κ3) is 357. The van der Waals surface area contributed by atoms with Gasteiger partial charge in [0, 0.05) is 0 Å². The zero-order valence-electron chi connectivity index (χ0n) is 18.9. The Morgan fingerprint density at radius 3 is 0.214 bits per heavy atom. The number of hydrogen-bond acceptors (Lipinski definition) is 12. The Kier molecular flexibility index (Phi) is 236. The van der Waals surface area contributed by atoms with Crippen LogP contribution in [-0.2, 0) is 0 Å². The van der Waals surface area contributed by atoms with E-state index in [0.717, 1.165) is 0 Å². The van der Waals surface area contributed by atoms with Crippen LogP contribution in [0.5, 0.6) is 0 Å². The third-order valence-electron chi connectivity index (χ3n) is 0. The summed E-state index contributed by atoms with van der Waals surface area (Å²) in [5, 5.41) is 0. The molecular weight excluding hydrogens is 568 g/mol. The molecule has 0 rings (SSSR count). The Hall–Kier alpha value is 12.1. The maximum atomic E-state index is 8.58. The van der Waals surface area contributed by atoms with Crippen molar-refractivity contribution in [3.05, 3.63) is 0 Å². The Morgan fingerprint density at radius 2 is 0.214 bits per heavy atom. The second-order valence-electron chi connectivity index (χ2n) is 1.50. The molecule has 28 heteroatoms. The molecule has 0 fully saturated rings. The minimum atomic E-state index is -5.61. The molecule has 13 nitrogen and oxygen atoms in total. The predicted octanol–water partition coefficient (Wildman–Crippen LogP) is -52.2. The average molecular weight is 570 g/mol. The van der Waals surface area contributed by atoms with Gasteiger partial charge in [-0.3, -0.25) is 0 Å². The normalized spacial score (nSPS) is 6.43. The van der Waals surface area contributed by atoms with Crippen molar-refractivity contribution < 1.29 is 418 Å². The first-order valence-corrected chi connectivity index (χ1v) is 7.35. The van der Waals surface area contributed by atoms with Crippen LogP contribution in [0.4, 0.5) is 0 Å². The summed E-state index contributed by atoms with van der Waals surface area (Å²) in [6.07, 6.45) is 0. The molecule has 0 aliphatic heterocycles. The van der Waals surface area contributed by atoms with E-state index in [4.69, 9.17) is 57.5 Å². The zero-order valence-corrected chi connectivity index (χ0v) is 45.9. The van der Waals surface area contributed by atoms with E-state index in [9.17, 15) is 0 Å². The van der Waals surface area contributed by atoms with Crippen molar-refractivity contribution in [3.63, 3.8) is 0 Å². The van der Waals surface area contributed by atoms with Crippen LogP contribution in [0.1, 0.15) is 0 Å². The van der Waals surface area contributed by atoms with Gasteiger partial charge < -0.3 is 90.2 Å². The molecule has 0 aliphatic carbocycles. The van der Waals surface area contributed by atoms with Gasteiger partial charge in [-0.05, 0) is 0 Å². The molecule has 0 radical (unpaired) electrons. The fourth-order valence-electron chi connectivity index (χ4n) is 0. The molecule has 0 bridgehead atoms. The molecule has 2 N–H and O–H groups in total. The standard InChI is InChI=1S/12Na.3O4Si.H2O/c;;;;;;;;;;;;3*1-5(2,3)4;/h;;;;;;;;;;;;;;;1H2/q12*+1;3*-4;. The van der Waals surface area contributed by atoms with E-state index in [0.29, 0.717) is 0 Å². The van der Waals surface area contributed by atoms with E-state index in [-0.39, 0.29) is 360 Å². The van der Waals surface area contributed by atoms with E-state index in [1.807, 2.05) is 0 Å². The van der Waals surface area contributed by atoms with Gasteiger partial charge in [-0.15, -0.1) is 0 Å². The van der Waals surface area contributed by atoms with Crippen molar-refractivity contribution in [2.75, 3.05) is 0 Å². The molecule has 0 aromatic rings. The predicted molar refractivity (Wildman–Crippen MR) is 20.9 cm³/mol. The smallest absolute Gasteiger partial charge is 0.894 e. The van der Waals surface area contributed by atoms with Gasteiger partial charge in [0.2, 0.25) is 0 Å². The first-order chi connectivity index (χ1) is 6.00. The maximum Gasteiger partial charge on any atom is 1.00 e. The van der Waals surface area contributed by atoms with Crippen LogP contribution < -0.4 is 412 Å². The largest absolute Gasteiger partial charge is 1.00 e. The summed E-state index contributed by atoms with van der Waals surface area (Å²) in [7, 11) is -16.8. The SMILES string of the molecule is O.[Na+].[Na+].[Na+].[Na+].[Na+].[Na+].[Na+].[Na+].[Na+].[Na+].[Na+].[Na+].[O-][Si]([O-])([O-])[O-].[O-][Si]([O-])([O-])[O-].[O-][Si]([O-])([O-])[O-]. The summed E-state index contributed by atoms with van der Waals surface area (Å²) in [5.41, 5.74) is 0. The second kappa shape index (κ2) is 62.7. The van der Waals surface area contributed by atoms with Gasteiger partial charge >= 0.3 is 355 Å². The van der Waals surface area contributed by atoms with Crippen LogP contribution in [0.15, 0.2) is 0 Å². The van der Waals surface area contributed by atoms with Gasteiger partial charge in [0.1, 0.15) is 0 Å².